The summed E-state index contributed by atoms with van der Waals surface area (Å²) in [6, 6.07) is 11.5. The molecule has 0 spiro atoms. The second-order valence-corrected chi connectivity index (χ2v) is 5.91. The van der Waals surface area contributed by atoms with E-state index in [1.807, 2.05) is 0 Å². The summed E-state index contributed by atoms with van der Waals surface area (Å²) >= 11 is 1.77. The van der Waals surface area contributed by atoms with Crippen LogP contribution in [0.15, 0.2) is 41.1 Å². The van der Waals surface area contributed by atoms with Crippen molar-refractivity contribution in [1.29, 1.82) is 0 Å². The molecule has 0 bridgehead atoms. The topological polar surface area (TPSA) is 12.0 Å². The lowest BCUT2D eigenvalue weighted by molar-refractivity contribution is 0.574. The SMILES string of the molecule is CC(NCc1ccccc1C1CC1)c1ccsc1. The highest BCUT2D eigenvalue weighted by molar-refractivity contribution is 7.07. The fraction of sp³-hybridized carbons (Fsp3) is 0.375. The Bertz CT molecular complexity index is 500. The van der Waals surface area contributed by atoms with E-state index < -0.39 is 0 Å². The Morgan fingerprint density at radius 2 is 2.11 bits per heavy atom. The molecule has 94 valence electrons. The summed E-state index contributed by atoms with van der Waals surface area (Å²) in [7, 11) is 0. The van der Waals surface area contributed by atoms with Crippen molar-refractivity contribution < 1.29 is 0 Å². The molecular formula is C16H19NS. The van der Waals surface area contributed by atoms with Gasteiger partial charge in [-0.1, -0.05) is 24.3 Å². The first-order valence-electron chi connectivity index (χ1n) is 6.68. The van der Waals surface area contributed by atoms with Crippen LogP contribution in [-0.4, -0.2) is 0 Å². The van der Waals surface area contributed by atoms with E-state index >= 15 is 0 Å². The Labute approximate surface area is 113 Å². The van der Waals surface area contributed by atoms with E-state index in [0.717, 1.165) is 12.5 Å². The van der Waals surface area contributed by atoms with E-state index in [4.69, 9.17) is 0 Å². The third-order valence-corrected chi connectivity index (χ3v) is 4.42. The van der Waals surface area contributed by atoms with Crippen molar-refractivity contribution >= 4 is 11.3 Å². The molecule has 1 aromatic carbocycles. The van der Waals surface area contributed by atoms with E-state index in [0.29, 0.717) is 6.04 Å². The summed E-state index contributed by atoms with van der Waals surface area (Å²) < 4.78 is 0. The van der Waals surface area contributed by atoms with Gasteiger partial charge in [-0.05, 0) is 59.2 Å². The van der Waals surface area contributed by atoms with Gasteiger partial charge in [0.05, 0.1) is 0 Å². The van der Waals surface area contributed by atoms with Crippen molar-refractivity contribution in [2.75, 3.05) is 0 Å². The third-order valence-electron chi connectivity index (χ3n) is 3.71. The third kappa shape index (κ3) is 2.65. The molecule has 3 rings (SSSR count). The first-order valence-corrected chi connectivity index (χ1v) is 7.62. The number of nitrogens with one attached hydrogen (secondary N) is 1. The lowest BCUT2D eigenvalue weighted by Crippen LogP contribution is -2.18. The molecule has 0 aliphatic heterocycles. The Kier molecular flexibility index (Phi) is 3.48. The molecule has 2 aromatic rings. The number of hydrogen-bond acceptors (Lipinski definition) is 2. The van der Waals surface area contributed by atoms with E-state index in [1.165, 1.54) is 24.0 Å². The molecule has 1 fully saturated rings. The van der Waals surface area contributed by atoms with Crippen LogP contribution in [0.5, 0.6) is 0 Å². The van der Waals surface area contributed by atoms with Crippen LogP contribution in [-0.2, 0) is 6.54 Å². The van der Waals surface area contributed by atoms with Gasteiger partial charge < -0.3 is 5.32 Å². The Morgan fingerprint density at radius 3 is 2.83 bits per heavy atom. The predicted molar refractivity (Wildman–Crippen MR) is 78.0 cm³/mol. The fourth-order valence-electron chi connectivity index (χ4n) is 2.39. The zero-order valence-corrected chi connectivity index (χ0v) is 11.5. The summed E-state index contributed by atoms with van der Waals surface area (Å²) in [5.74, 6) is 0.833. The second kappa shape index (κ2) is 5.25. The summed E-state index contributed by atoms with van der Waals surface area (Å²) in [4.78, 5) is 0. The summed E-state index contributed by atoms with van der Waals surface area (Å²) in [5.41, 5.74) is 4.42. The molecule has 1 aliphatic rings. The average Bonchev–Trinajstić information content (AvgIpc) is 3.10. The fourth-order valence-corrected chi connectivity index (χ4v) is 3.14. The quantitative estimate of drug-likeness (QED) is 0.833. The lowest BCUT2D eigenvalue weighted by atomic mass is 10.0. The summed E-state index contributed by atoms with van der Waals surface area (Å²) in [6.45, 7) is 3.21. The van der Waals surface area contributed by atoms with E-state index in [1.54, 1.807) is 16.9 Å². The molecule has 1 aromatic heterocycles. The number of hydrogen-bond donors (Lipinski definition) is 1. The Hall–Kier alpha value is -1.12. The number of thiophene rings is 1. The normalized spacial score (nSPS) is 16.7. The van der Waals surface area contributed by atoms with Crippen LogP contribution in [0.4, 0.5) is 0 Å². The van der Waals surface area contributed by atoms with Gasteiger partial charge in [0, 0.05) is 12.6 Å². The van der Waals surface area contributed by atoms with Gasteiger partial charge in [-0.3, -0.25) is 0 Å². The highest BCUT2D eigenvalue weighted by Crippen LogP contribution is 2.41. The molecular weight excluding hydrogens is 238 g/mol. The van der Waals surface area contributed by atoms with Crippen molar-refractivity contribution in [3.05, 3.63) is 57.8 Å². The maximum absolute atomic E-state index is 3.63. The van der Waals surface area contributed by atoms with Gasteiger partial charge in [-0.25, -0.2) is 0 Å². The van der Waals surface area contributed by atoms with Crippen LogP contribution in [0.1, 0.15) is 48.4 Å². The molecule has 18 heavy (non-hydrogen) atoms. The van der Waals surface area contributed by atoms with Gasteiger partial charge in [0.25, 0.3) is 0 Å². The monoisotopic (exact) mass is 257 g/mol. The maximum atomic E-state index is 3.63. The number of benzene rings is 1. The van der Waals surface area contributed by atoms with Gasteiger partial charge in [0.1, 0.15) is 0 Å². The van der Waals surface area contributed by atoms with Crippen molar-refractivity contribution in [3.63, 3.8) is 0 Å². The minimum absolute atomic E-state index is 0.434. The standard InChI is InChI=1S/C16H19NS/c1-12(15-8-9-18-11-15)17-10-14-4-2-3-5-16(14)13-6-7-13/h2-5,8-9,11-13,17H,6-7,10H2,1H3. The van der Waals surface area contributed by atoms with E-state index in [9.17, 15) is 0 Å². The minimum atomic E-state index is 0.434. The van der Waals surface area contributed by atoms with Crippen molar-refractivity contribution in [1.82, 2.24) is 5.32 Å². The van der Waals surface area contributed by atoms with E-state index in [2.05, 4.69) is 53.3 Å². The van der Waals surface area contributed by atoms with Crippen LogP contribution in [0.25, 0.3) is 0 Å². The molecule has 1 N–H and O–H groups in total. The zero-order valence-electron chi connectivity index (χ0n) is 10.7. The summed E-state index contributed by atoms with van der Waals surface area (Å²) in [5, 5.41) is 8.00. The van der Waals surface area contributed by atoms with Crippen molar-refractivity contribution in [2.45, 2.75) is 38.3 Å². The maximum Gasteiger partial charge on any atom is 0.0303 e. The van der Waals surface area contributed by atoms with Gasteiger partial charge in [0.2, 0.25) is 0 Å². The first-order chi connectivity index (χ1) is 8.84. The summed E-state index contributed by atoms with van der Waals surface area (Å²) in [6.07, 6.45) is 2.74. The molecule has 1 atom stereocenters. The molecule has 1 aliphatic carbocycles. The molecule has 1 heterocycles. The molecule has 2 heteroatoms. The van der Waals surface area contributed by atoms with Crippen LogP contribution < -0.4 is 5.32 Å². The highest BCUT2D eigenvalue weighted by atomic mass is 32.1. The van der Waals surface area contributed by atoms with Crippen LogP contribution in [0, 0.1) is 0 Å². The molecule has 0 saturated heterocycles. The Morgan fingerprint density at radius 1 is 1.28 bits per heavy atom. The van der Waals surface area contributed by atoms with Gasteiger partial charge in [-0.15, -0.1) is 0 Å². The number of rotatable bonds is 5. The van der Waals surface area contributed by atoms with Crippen molar-refractivity contribution in [2.24, 2.45) is 0 Å². The second-order valence-electron chi connectivity index (χ2n) is 5.13. The molecule has 1 saturated carbocycles. The van der Waals surface area contributed by atoms with Crippen LogP contribution in [0.2, 0.25) is 0 Å². The molecule has 0 radical (unpaired) electrons. The van der Waals surface area contributed by atoms with E-state index in [-0.39, 0.29) is 0 Å². The first kappa shape index (κ1) is 11.9. The van der Waals surface area contributed by atoms with Gasteiger partial charge in [0.15, 0.2) is 0 Å². The predicted octanol–water partition coefficient (Wildman–Crippen LogP) is 4.48. The lowest BCUT2D eigenvalue weighted by Gasteiger charge is -2.15. The van der Waals surface area contributed by atoms with Crippen molar-refractivity contribution in [3.8, 4) is 0 Å². The van der Waals surface area contributed by atoms with Gasteiger partial charge >= 0.3 is 0 Å². The molecule has 1 nitrogen and oxygen atoms in total. The smallest absolute Gasteiger partial charge is 0.0303 e. The Balaban J connectivity index is 1.66. The molecule has 1 unspecified atom stereocenters. The largest absolute Gasteiger partial charge is 0.306 e. The van der Waals surface area contributed by atoms with Crippen LogP contribution >= 0.6 is 11.3 Å². The zero-order chi connectivity index (χ0) is 12.4. The van der Waals surface area contributed by atoms with Crippen LogP contribution in [0.3, 0.4) is 0 Å². The average molecular weight is 257 g/mol. The molecule has 0 amide bonds. The highest BCUT2D eigenvalue weighted by Gasteiger charge is 2.25. The van der Waals surface area contributed by atoms with Gasteiger partial charge in [-0.2, -0.15) is 11.3 Å². The minimum Gasteiger partial charge on any atom is -0.306 e.